The lowest BCUT2D eigenvalue weighted by atomic mass is 9.90. The first-order valence-electron chi connectivity index (χ1n) is 12.2. The predicted octanol–water partition coefficient (Wildman–Crippen LogP) is 6.28. The summed E-state index contributed by atoms with van der Waals surface area (Å²) < 4.78 is 46.7. The van der Waals surface area contributed by atoms with Gasteiger partial charge in [-0.1, -0.05) is 19.9 Å². The number of rotatable bonds is 7. The molecule has 2 N–H and O–H groups in total. The molecule has 198 valence electrons. The highest BCUT2D eigenvalue weighted by molar-refractivity contribution is 6.02. The standard InChI is InChI=1S/C27H31F3N4O3/c1-4-37-25(35)13-22(27(28,29)30)20-7-10-24(34-15-17(2)11-18(3)16-34)23(12-20)33-26(36)32-21-8-5-19(14-31)6-9-21/h5-10,12,17-18,22H,4,11,13,15-16H2,1-3H3,(H2,32,33,36). The Balaban J connectivity index is 1.95. The molecule has 0 spiro atoms. The third kappa shape index (κ3) is 7.62. The lowest BCUT2D eigenvalue weighted by Crippen LogP contribution is -2.39. The molecule has 0 aromatic heterocycles. The van der Waals surface area contributed by atoms with Gasteiger partial charge in [0.1, 0.15) is 0 Å². The maximum atomic E-state index is 14.0. The summed E-state index contributed by atoms with van der Waals surface area (Å²) in [5, 5.41) is 14.3. The zero-order chi connectivity index (χ0) is 27.2. The van der Waals surface area contributed by atoms with E-state index in [0.717, 1.165) is 6.42 Å². The van der Waals surface area contributed by atoms with Crippen molar-refractivity contribution in [2.24, 2.45) is 11.8 Å². The van der Waals surface area contributed by atoms with Crippen molar-refractivity contribution >= 4 is 29.1 Å². The van der Waals surface area contributed by atoms with E-state index in [1.807, 2.05) is 6.07 Å². The molecule has 10 heteroatoms. The fourth-order valence-corrected chi connectivity index (χ4v) is 4.73. The second-order valence-electron chi connectivity index (χ2n) is 9.50. The Morgan fingerprint density at radius 1 is 1.11 bits per heavy atom. The Hall–Kier alpha value is -3.74. The minimum Gasteiger partial charge on any atom is -0.466 e. The summed E-state index contributed by atoms with van der Waals surface area (Å²) in [5.41, 5.74) is 1.52. The molecular formula is C27H31F3N4O3. The molecule has 0 saturated carbocycles. The SMILES string of the molecule is CCOC(=O)CC(c1ccc(N2CC(C)CC(C)C2)c(NC(=O)Nc2ccc(C#N)cc2)c1)C(F)(F)F. The van der Waals surface area contributed by atoms with Gasteiger partial charge in [0.25, 0.3) is 0 Å². The van der Waals surface area contributed by atoms with E-state index in [1.165, 1.54) is 19.1 Å². The number of amides is 2. The molecule has 0 radical (unpaired) electrons. The minimum absolute atomic E-state index is 0.0179. The summed E-state index contributed by atoms with van der Waals surface area (Å²) >= 11 is 0. The van der Waals surface area contributed by atoms with E-state index in [4.69, 9.17) is 10.00 Å². The highest BCUT2D eigenvalue weighted by atomic mass is 19.4. The van der Waals surface area contributed by atoms with Gasteiger partial charge in [0.2, 0.25) is 0 Å². The van der Waals surface area contributed by atoms with Gasteiger partial charge in [-0.25, -0.2) is 4.79 Å². The number of esters is 1. The Bertz CT molecular complexity index is 1140. The van der Waals surface area contributed by atoms with E-state index < -0.39 is 30.5 Å². The second-order valence-corrected chi connectivity index (χ2v) is 9.50. The molecule has 2 aromatic rings. The molecule has 0 bridgehead atoms. The van der Waals surface area contributed by atoms with Crippen LogP contribution in [0.4, 0.5) is 35.0 Å². The van der Waals surface area contributed by atoms with Gasteiger partial charge in [-0.05, 0) is 67.1 Å². The maximum absolute atomic E-state index is 14.0. The number of carbonyl (C=O) groups excluding carboxylic acids is 2. The van der Waals surface area contributed by atoms with Crippen molar-refractivity contribution < 1.29 is 27.5 Å². The molecule has 1 aliphatic rings. The zero-order valence-corrected chi connectivity index (χ0v) is 21.1. The average molecular weight is 517 g/mol. The van der Waals surface area contributed by atoms with Crippen LogP contribution in [0.5, 0.6) is 0 Å². The van der Waals surface area contributed by atoms with Crippen molar-refractivity contribution in [1.82, 2.24) is 0 Å². The number of urea groups is 1. The molecule has 2 aromatic carbocycles. The molecular weight excluding hydrogens is 485 g/mol. The van der Waals surface area contributed by atoms with Gasteiger partial charge in [0.15, 0.2) is 0 Å². The highest BCUT2D eigenvalue weighted by Gasteiger charge is 2.42. The number of ether oxygens (including phenoxy) is 1. The molecule has 37 heavy (non-hydrogen) atoms. The monoisotopic (exact) mass is 516 g/mol. The molecule has 3 unspecified atom stereocenters. The average Bonchev–Trinajstić information content (AvgIpc) is 2.82. The van der Waals surface area contributed by atoms with Crippen LogP contribution >= 0.6 is 0 Å². The van der Waals surface area contributed by atoms with Crippen LogP contribution in [-0.2, 0) is 9.53 Å². The van der Waals surface area contributed by atoms with Crippen LogP contribution in [-0.4, -0.2) is 37.9 Å². The number of anilines is 3. The molecule has 2 amide bonds. The number of nitrogens with one attached hydrogen (secondary N) is 2. The minimum atomic E-state index is -4.69. The number of benzene rings is 2. The van der Waals surface area contributed by atoms with Crippen LogP contribution in [0, 0.1) is 23.2 Å². The quantitative estimate of drug-likeness (QED) is 0.422. The van der Waals surface area contributed by atoms with Gasteiger partial charge in [-0.15, -0.1) is 0 Å². The number of nitriles is 1. The first-order valence-corrected chi connectivity index (χ1v) is 12.2. The fourth-order valence-electron chi connectivity index (χ4n) is 4.73. The topological polar surface area (TPSA) is 94.5 Å². The Kier molecular flexibility index (Phi) is 9.03. The first-order chi connectivity index (χ1) is 17.5. The summed E-state index contributed by atoms with van der Waals surface area (Å²) in [6.07, 6.45) is -4.51. The number of alkyl halides is 3. The van der Waals surface area contributed by atoms with Crippen molar-refractivity contribution in [1.29, 1.82) is 5.26 Å². The predicted molar refractivity (Wildman–Crippen MR) is 135 cm³/mol. The molecule has 3 atom stereocenters. The Morgan fingerprint density at radius 2 is 1.76 bits per heavy atom. The normalized spacial score (nSPS) is 18.5. The van der Waals surface area contributed by atoms with Crippen LogP contribution in [0.25, 0.3) is 0 Å². The van der Waals surface area contributed by atoms with Gasteiger partial charge < -0.3 is 20.3 Å². The van der Waals surface area contributed by atoms with Crippen LogP contribution in [0.2, 0.25) is 0 Å². The summed E-state index contributed by atoms with van der Waals surface area (Å²) in [5.74, 6) is -2.28. The summed E-state index contributed by atoms with van der Waals surface area (Å²) in [7, 11) is 0. The number of nitrogens with zero attached hydrogens (tertiary/aromatic N) is 2. The molecule has 0 aliphatic carbocycles. The van der Waals surface area contributed by atoms with Crippen molar-refractivity contribution in [2.45, 2.75) is 45.7 Å². The van der Waals surface area contributed by atoms with E-state index in [0.29, 0.717) is 41.9 Å². The molecule has 1 aliphatic heterocycles. The third-order valence-corrected chi connectivity index (χ3v) is 6.22. The van der Waals surface area contributed by atoms with Crippen molar-refractivity contribution in [3.63, 3.8) is 0 Å². The second kappa shape index (κ2) is 12.0. The molecule has 1 heterocycles. The number of carbonyl (C=O) groups is 2. The summed E-state index contributed by atoms with van der Waals surface area (Å²) in [6.45, 7) is 7.13. The summed E-state index contributed by atoms with van der Waals surface area (Å²) in [4.78, 5) is 26.8. The third-order valence-electron chi connectivity index (χ3n) is 6.22. The van der Waals surface area contributed by atoms with Gasteiger partial charge in [0, 0.05) is 18.8 Å². The van der Waals surface area contributed by atoms with Crippen molar-refractivity contribution in [3.05, 3.63) is 53.6 Å². The van der Waals surface area contributed by atoms with Crippen molar-refractivity contribution in [2.75, 3.05) is 35.2 Å². The van der Waals surface area contributed by atoms with E-state index in [1.54, 1.807) is 30.3 Å². The molecule has 3 rings (SSSR count). The van der Waals surface area contributed by atoms with E-state index >= 15 is 0 Å². The molecule has 1 fully saturated rings. The Labute approximate surface area is 214 Å². The van der Waals surface area contributed by atoms with Crippen molar-refractivity contribution in [3.8, 4) is 6.07 Å². The lowest BCUT2D eigenvalue weighted by Gasteiger charge is -2.38. The van der Waals surface area contributed by atoms with Crippen LogP contribution < -0.4 is 15.5 Å². The van der Waals surface area contributed by atoms with Crippen LogP contribution in [0.3, 0.4) is 0 Å². The largest absolute Gasteiger partial charge is 0.466 e. The van der Waals surface area contributed by atoms with Crippen LogP contribution in [0.1, 0.15) is 50.7 Å². The van der Waals surface area contributed by atoms with Gasteiger partial charge in [-0.2, -0.15) is 18.4 Å². The molecule has 7 nitrogen and oxygen atoms in total. The zero-order valence-electron chi connectivity index (χ0n) is 21.1. The maximum Gasteiger partial charge on any atom is 0.396 e. The van der Waals surface area contributed by atoms with Gasteiger partial charge in [-0.3, -0.25) is 4.79 Å². The smallest absolute Gasteiger partial charge is 0.396 e. The van der Waals surface area contributed by atoms with Gasteiger partial charge >= 0.3 is 18.2 Å². The number of hydrogen-bond acceptors (Lipinski definition) is 5. The van der Waals surface area contributed by atoms with Crippen LogP contribution in [0.15, 0.2) is 42.5 Å². The highest BCUT2D eigenvalue weighted by Crippen LogP contribution is 2.41. The van der Waals surface area contributed by atoms with E-state index in [-0.39, 0.29) is 17.9 Å². The number of hydrogen-bond donors (Lipinski definition) is 2. The fraction of sp³-hybridized carbons (Fsp3) is 0.444. The first kappa shape index (κ1) is 27.8. The van der Waals surface area contributed by atoms with Gasteiger partial charge in [0.05, 0.1) is 42.0 Å². The van der Waals surface area contributed by atoms with E-state index in [2.05, 4.69) is 29.4 Å². The number of halogens is 3. The lowest BCUT2D eigenvalue weighted by molar-refractivity contribution is -0.166. The number of piperidine rings is 1. The van der Waals surface area contributed by atoms with E-state index in [9.17, 15) is 22.8 Å². The Morgan fingerprint density at radius 3 is 2.32 bits per heavy atom. The molecule has 1 saturated heterocycles. The summed E-state index contributed by atoms with van der Waals surface area (Å²) in [6, 6.07) is 11.8.